The number of hydrogen-bond acceptors (Lipinski definition) is 12. The smallest absolute Gasteiger partial charge is 0.416 e. The number of amides is 3. The molecule has 0 unspecified atom stereocenters. The number of pyridine rings is 1. The summed E-state index contributed by atoms with van der Waals surface area (Å²) in [7, 11) is 0. The van der Waals surface area contributed by atoms with Crippen LogP contribution in [0.3, 0.4) is 0 Å². The van der Waals surface area contributed by atoms with Gasteiger partial charge in [0.05, 0.1) is 53.0 Å². The third-order valence-corrected chi connectivity index (χ3v) is 12.1. The van der Waals surface area contributed by atoms with Gasteiger partial charge in [-0.25, -0.2) is 4.79 Å². The van der Waals surface area contributed by atoms with Crippen LogP contribution in [0.4, 0.5) is 49.1 Å². The van der Waals surface area contributed by atoms with Crippen molar-refractivity contribution in [1.82, 2.24) is 19.7 Å². The Morgan fingerprint density at radius 2 is 1.15 bits per heavy atom. The maximum atomic E-state index is 14.3. The molecule has 10 N–H and O–H groups in total. The molecule has 3 heterocycles. The van der Waals surface area contributed by atoms with E-state index >= 15 is 0 Å². The molecule has 1 aromatic heterocycles. The van der Waals surface area contributed by atoms with Gasteiger partial charge in [0.2, 0.25) is 0 Å². The minimum absolute atomic E-state index is 0.0327. The second-order valence-electron chi connectivity index (χ2n) is 17.3. The average molecular weight is 1010 g/mol. The van der Waals surface area contributed by atoms with E-state index in [0.29, 0.717) is 22.5 Å². The third kappa shape index (κ3) is 12.8. The standard InChI is InChI=1S/C52H52F6N10O5/c1-2-25-73-50(72)33-15-20-40(63-28-33)47(69)66(21-5-23-67-29-41(64-38-9-3-7-34(26-38)51(53,54)55)43(48(67)70)45(61)31-11-16-36(59)17-12-31)22-6-24-68-30-42(65-39-10-4-8-35(27-39)52(56,57)58)44(49(68)71)46(62)32-13-18-37(60)19-14-32/h2-4,7-20,26-28,45-46,64-65H,1,5-6,21-25,29-30,59-62H2/t45-,46-/m1/s1. The van der Waals surface area contributed by atoms with Crippen molar-refractivity contribution in [3.8, 4) is 0 Å². The number of halogens is 6. The largest absolute Gasteiger partial charge is 0.458 e. The van der Waals surface area contributed by atoms with Crippen LogP contribution in [0, 0.1) is 0 Å². The molecular formula is C52H52F6N10O5. The lowest BCUT2D eigenvalue weighted by atomic mass is 9.98. The summed E-state index contributed by atoms with van der Waals surface area (Å²) in [5, 5.41) is 5.99. The van der Waals surface area contributed by atoms with Gasteiger partial charge in [-0.3, -0.25) is 19.4 Å². The van der Waals surface area contributed by atoms with Gasteiger partial charge in [-0.05, 0) is 96.8 Å². The van der Waals surface area contributed by atoms with E-state index in [4.69, 9.17) is 27.7 Å². The Labute approximate surface area is 416 Å². The van der Waals surface area contributed by atoms with Crippen LogP contribution in [-0.4, -0.2) is 89.2 Å². The molecule has 0 radical (unpaired) electrons. The van der Waals surface area contributed by atoms with Crippen molar-refractivity contribution in [3.63, 3.8) is 0 Å². The Bertz CT molecular complexity index is 2750. The number of nitrogens with one attached hydrogen (secondary N) is 2. The molecule has 0 saturated heterocycles. The van der Waals surface area contributed by atoms with Crippen molar-refractivity contribution < 1.29 is 50.3 Å². The number of alkyl halides is 6. The summed E-state index contributed by atoms with van der Waals surface area (Å²) in [5.74, 6) is -2.22. The second-order valence-corrected chi connectivity index (χ2v) is 17.3. The van der Waals surface area contributed by atoms with Crippen molar-refractivity contribution in [3.05, 3.63) is 184 Å². The van der Waals surface area contributed by atoms with Crippen LogP contribution in [0.1, 0.15) is 68.0 Å². The van der Waals surface area contributed by atoms with E-state index < -0.39 is 59.3 Å². The summed E-state index contributed by atoms with van der Waals surface area (Å²) in [4.78, 5) is 63.8. The van der Waals surface area contributed by atoms with Crippen molar-refractivity contribution >= 4 is 46.4 Å². The van der Waals surface area contributed by atoms with E-state index in [1.807, 2.05) is 0 Å². The van der Waals surface area contributed by atoms with Crippen LogP contribution in [0.15, 0.2) is 151 Å². The molecule has 21 heteroatoms. The minimum Gasteiger partial charge on any atom is -0.458 e. The highest BCUT2D eigenvalue weighted by Crippen LogP contribution is 2.36. The first kappa shape index (κ1) is 52.6. The Morgan fingerprint density at radius 1 is 0.699 bits per heavy atom. The predicted octanol–water partition coefficient (Wildman–Crippen LogP) is 7.67. The van der Waals surface area contributed by atoms with Crippen molar-refractivity contribution in [2.75, 3.05) is 68.0 Å². The lowest BCUT2D eigenvalue weighted by molar-refractivity contribution is -0.138. The first-order chi connectivity index (χ1) is 34.7. The van der Waals surface area contributed by atoms with E-state index in [1.54, 1.807) is 48.5 Å². The maximum Gasteiger partial charge on any atom is 0.416 e. The highest BCUT2D eigenvalue weighted by Gasteiger charge is 2.38. The highest BCUT2D eigenvalue weighted by atomic mass is 19.4. The zero-order valence-electron chi connectivity index (χ0n) is 39.2. The van der Waals surface area contributed by atoms with Gasteiger partial charge in [-0.15, -0.1) is 0 Å². The fourth-order valence-corrected chi connectivity index (χ4v) is 8.39. The molecule has 3 amide bonds. The van der Waals surface area contributed by atoms with Crippen LogP contribution in [0.5, 0.6) is 0 Å². The van der Waals surface area contributed by atoms with Crippen LogP contribution >= 0.6 is 0 Å². The fourth-order valence-electron chi connectivity index (χ4n) is 8.39. The summed E-state index contributed by atoms with van der Waals surface area (Å²) in [6.45, 7) is 3.53. The zero-order valence-corrected chi connectivity index (χ0v) is 39.2. The normalized spacial score (nSPS) is 14.9. The molecule has 2 atom stereocenters. The molecular weight excluding hydrogens is 959 g/mol. The van der Waals surface area contributed by atoms with E-state index in [-0.39, 0.29) is 104 Å². The Kier molecular flexibility index (Phi) is 16.2. The number of nitrogens with zero attached hydrogens (tertiary/aromatic N) is 4. The molecule has 0 aliphatic carbocycles. The number of aromatic nitrogens is 1. The molecule has 2 aliphatic heterocycles. The monoisotopic (exact) mass is 1010 g/mol. The van der Waals surface area contributed by atoms with E-state index in [9.17, 15) is 45.5 Å². The molecule has 2 aliphatic rings. The predicted molar refractivity (Wildman–Crippen MR) is 263 cm³/mol. The third-order valence-electron chi connectivity index (χ3n) is 12.1. The van der Waals surface area contributed by atoms with Gasteiger partial charge in [0, 0.05) is 66.5 Å². The number of anilines is 4. The van der Waals surface area contributed by atoms with Gasteiger partial charge in [-0.2, -0.15) is 26.3 Å². The van der Waals surface area contributed by atoms with Gasteiger partial charge < -0.3 is 53.0 Å². The fraction of sp³-hybridized carbons (Fsp3) is 0.250. The van der Waals surface area contributed by atoms with Crippen LogP contribution in [0.2, 0.25) is 0 Å². The summed E-state index contributed by atoms with van der Waals surface area (Å²) in [5.41, 5.74) is 26.3. The van der Waals surface area contributed by atoms with Crippen LogP contribution in [-0.2, 0) is 26.7 Å². The number of carbonyl (C=O) groups is 4. The molecule has 4 aromatic carbocycles. The van der Waals surface area contributed by atoms with Crippen molar-refractivity contribution in [2.45, 2.75) is 37.3 Å². The number of hydrogen-bond donors (Lipinski definition) is 6. The summed E-state index contributed by atoms with van der Waals surface area (Å²) < 4.78 is 87.3. The first-order valence-corrected chi connectivity index (χ1v) is 22.9. The van der Waals surface area contributed by atoms with Crippen molar-refractivity contribution in [2.24, 2.45) is 11.5 Å². The lowest BCUT2D eigenvalue weighted by Gasteiger charge is -2.26. The SMILES string of the molecule is C=CCOC(=O)c1ccc(C(=O)N(CCCN2CC(Nc3cccc(C(F)(F)F)c3)=C([C@H](N)c3ccc(N)cc3)C2=O)CCCN2CC(Nc3cccc(C(F)(F)F)c3)=C([C@H](N)c3ccc(N)cc3)C2=O)nc1. The number of nitrogens with two attached hydrogens (primary N) is 4. The number of nitrogen functional groups attached to an aromatic ring is 2. The number of ether oxygens (including phenoxy) is 1. The molecule has 382 valence electrons. The van der Waals surface area contributed by atoms with Gasteiger partial charge in [-0.1, -0.05) is 49.1 Å². The van der Waals surface area contributed by atoms with E-state index in [2.05, 4.69) is 22.2 Å². The van der Waals surface area contributed by atoms with E-state index in [0.717, 1.165) is 24.3 Å². The van der Waals surface area contributed by atoms with Crippen molar-refractivity contribution in [1.29, 1.82) is 0 Å². The molecule has 7 rings (SSSR count). The topological polar surface area (TPSA) is 228 Å². The Balaban J connectivity index is 1.10. The number of benzene rings is 4. The molecule has 0 saturated carbocycles. The first-order valence-electron chi connectivity index (χ1n) is 22.9. The van der Waals surface area contributed by atoms with Gasteiger partial charge in [0.25, 0.3) is 17.7 Å². The number of carbonyl (C=O) groups excluding carboxylic acids is 4. The zero-order chi connectivity index (χ0) is 52.6. The van der Waals surface area contributed by atoms with Gasteiger partial charge >= 0.3 is 18.3 Å². The Morgan fingerprint density at radius 3 is 1.55 bits per heavy atom. The quantitative estimate of drug-likeness (QED) is 0.0191. The summed E-state index contributed by atoms with van der Waals surface area (Å²) in [6, 6.07) is 22.8. The van der Waals surface area contributed by atoms with E-state index in [1.165, 1.54) is 63.4 Å². The minimum atomic E-state index is -4.63. The molecule has 15 nitrogen and oxygen atoms in total. The molecule has 73 heavy (non-hydrogen) atoms. The molecule has 0 bridgehead atoms. The number of esters is 1. The lowest BCUT2D eigenvalue weighted by Crippen LogP contribution is -2.38. The summed E-state index contributed by atoms with van der Waals surface area (Å²) >= 11 is 0. The Hall–Kier alpha value is -8.17. The second kappa shape index (κ2) is 22.5. The maximum absolute atomic E-state index is 14.3. The molecule has 0 spiro atoms. The number of rotatable bonds is 20. The molecule has 0 fully saturated rings. The molecule has 5 aromatic rings. The van der Waals surface area contributed by atoms with Crippen LogP contribution in [0.25, 0.3) is 0 Å². The highest BCUT2D eigenvalue weighted by molar-refractivity contribution is 6.00. The summed E-state index contributed by atoms with van der Waals surface area (Å²) in [6.07, 6.45) is -6.31. The van der Waals surface area contributed by atoms with Gasteiger partial charge in [0.1, 0.15) is 12.3 Å². The van der Waals surface area contributed by atoms with Gasteiger partial charge in [0.15, 0.2) is 0 Å². The van der Waals surface area contributed by atoms with Crippen LogP contribution < -0.4 is 33.6 Å². The average Bonchev–Trinajstić information content (AvgIpc) is 3.84.